The minimum atomic E-state index is 0.667. The average Bonchev–Trinajstić information content (AvgIpc) is 2.47. The molecular weight excluding hydrogens is 152 g/mol. The Morgan fingerprint density at radius 1 is 1.58 bits per heavy atom. The summed E-state index contributed by atoms with van der Waals surface area (Å²) in [6.07, 6.45) is 5.75. The molecule has 1 aromatic rings. The topological polar surface area (TPSA) is 55.9 Å². The summed E-state index contributed by atoms with van der Waals surface area (Å²) in [5.74, 6) is 6.43. The Bertz CT molecular complexity index is 243. The van der Waals surface area contributed by atoms with Crippen LogP contribution in [0.3, 0.4) is 0 Å². The second-order valence-electron chi connectivity index (χ2n) is 3.18. The number of rotatable bonds is 2. The minimum absolute atomic E-state index is 0.667. The van der Waals surface area contributed by atoms with Gasteiger partial charge < -0.3 is 4.57 Å². The first-order valence-electron chi connectivity index (χ1n) is 4.38. The highest BCUT2D eigenvalue weighted by atomic mass is 15.2. The summed E-state index contributed by atoms with van der Waals surface area (Å²) < 4.78 is 2.23. The van der Waals surface area contributed by atoms with Crippen LogP contribution in [0.25, 0.3) is 0 Å². The molecule has 0 spiro atoms. The Labute approximate surface area is 71.7 Å². The van der Waals surface area contributed by atoms with Crippen LogP contribution in [0.2, 0.25) is 0 Å². The van der Waals surface area contributed by atoms with E-state index in [4.69, 9.17) is 5.84 Å². The summed E-state index contributed by atoms with van der Waals surface area (Å²) in [7, 11) is 0. The molecule has 1 aromatic heterocycles. The fourth-order valence-electron chi connectivity index (χ4n) is 1.66. The molecular formula is C8H14N4. The predicted octanol–water partition coefficient (Wildman–Crippen LogP) is 0.183. The van der Waals surface area contributed by atoms with E-state index in [0.29, 0.717) is 6.54 Å². The van der Waals surface area contributed by atoms with E-state index in [1.807, 2.05) is 0 Å². The maximum Gasteiger partial charge on any atom is 0.109 e. The number of aryl methyl sites for hydroxylation is 2. The summed E-state index contributed by atoms with van der Waals surface area (Å²) in [4.78, 5) is 4.46. The zero-order valence-electron chi connectivity index (χ0n) is 7.08. The Hall–Kier alpha value is -0.870. The monoisotopic (exact) mass is 166 g/mol. The van der Waals surface area contributed by atoms with Crippen molar-refractivity contribution in [2.24, 2.45) is 5.84 Å². The number of fused-ring (bicyclic) bond motifs is 1. The molecule has 2 rings (SSSR count). The maximum atomic E-state index is 5.22. The Morgan fingerprint density at radius 3 is 3.25 bits per heavy atom. The number of hydrogen-bond donors (Lipinski definition) is 2. The van der Waals surface area contributed by atoms with Gasteiger partial charge in [0.2, 0.25) is 0 Å². The zero-order chi connectivity index (χ0) is 8.39. The van der Waals surface area contributed by atoms with Crippen molar-refractivity contribution in [3.05, 3.63) is 17.7 Å². The SMILES string of the molecule is NNCc1cn2c(n1)CCCC2. The molecule has 0 aliphatic carbocycles. The number of hydrazine groups is 1. The van der Waals surface area contributed by atoms with E-state index in [-0.39, 0.29) is 0 Å². The number of nitrogens with zero attached hydrogens (tertiary/aromatic N) is 2. The van der Waals surface area contributed by atoms with Gasteiger partial charge in [-0.15, -0.1) is 0 Å². The first-order chi connectivity index (χ1) is 5.90. The maximum absolute atomic E-state index is 5.22. The zero-order valence-corrected chi connectivity index (χ0v) is 7.08. The molecule has 1 aliphatic heterocycles. The van der Waals surface area contributed by atoms with Crippen LogP contribution in [0.1, 0.15) is 24.4 Å². The van der Waals surface area contributed by atoms with E-state index < -0.39 is 0 Å². The molecule has 3 N–H and O–H groups in total. The van der Waals surface area contributed by atoms with Gasteiger partial charge in [0.05, 0.1) is 12.2 Å². The van der Waals surface area contributed by atoms with Crippen molar-refractivity contribution in [2.75, 3.05) is 0 Å². The lowest BCUT2D eigenvalue weighted by Gasteiger charge is -2.11. The molecule has 12 heavy (non-hydrogen) atoms. The third-order valence-corrected chi connectivity index (χ3v) is 2.24. The van der Waals surface area contributed by atoms with E-state index in [1.54, 1.807) is 0 Å². The molecule has 0 saturated carbocycles. The summed E-state index contributed by atoms with van der Waals surface area (Å²) in [6, 6.07) is 0. The number of hydrogen-bond acceptors (Lipinski definition) is 3. The third-order valence-electron chi connectivity index (χ3n) is 2.24. The van der Waals surface area contributed by atoms with Crippen LogP contribution in [-0.2, 0) is 19.5 Å². The minimum Gasteiger partial charge on any atom is -0.335 e. The molecule has 0 amide bonds. The summed E-state index contributed by atoms with van der Waals surface area (Å²) in [5.41, 5.74) is 3.67. The Morgan fingerprint density at radius 2 is 2.50 bits per heavy atom. The first kappa shape index (κ1) is 7.76. The fraction of sp³-hybridized carbons (Fsp3) is 0.625. The van der Waals surface area contributed by atoms with Crippen molar-refractivity contribution in [1.29, 1.82) is 0 Å². The van der Waals surface area contributed by atoms with Gasteiger partial charge in [-0.1, -0.05) is 0 Å². The number of nitrogens with two attached hydrogens (primary N) is 1. The van der Waals surface area contributed by atoms with Crippen molar-refractivity contribution in [1.82, 2.24) is 15.0 Å². The van der Waals surface area contributed by atoms with Crippen molar-refractivity contribution in [2.45, 2.75) is 32.4 Å². The third kappa shape index (κ3) is 1.35. The lowest BCUT2D eigenvalue weighted by molar-refractivity contribution is 0.522. The van der Waals surface area contributed by atoms with E-state index in [0.717, 1.165) is 18.7 Å². The lowest BCUT2D eigenvalue weighted by Crippen LogP contribution is -2.20. The number of aromatic nitrogens is 2. The quantitative estimate of drug-likeness (QED) is 0.487. The lowest BCUT2D eigenvalue weighted by atomic mass is 10.2. The molecule has 66 valence electrons. The molecule has 0 aromatic carbocycles. The molecule has 4 heteroatoms. The molecule has 0 fully saturated rings. The molecule has 0 saturated heterocycles. The van der Waals surface area contributed by atoms with E-state index in [9.17, 15) is 0 Å². The number of imidazole rings is 1. The van der Waals surface area contributed by atoms with E-state index in [2.05, 4.69) is 21.2 Å². The van der Waals surface area contributed by atoms with Crippen LogP contribution in [-0.4, -0.2) is 9.55 Å². The van der Waals surface area contributed by atoms with Crippen LogP contribution >= 0.6 is 0 Å². The van der Waals surface area contributed by atoms with Crippen LogP contribution in [0, 0.1) is 0 Å². The van der Waals surface area contributed by atoms with Crippen molar-refractivity contribution >= 4 is 0 Å². The van der Waals surface area contributed by atoms with Gasteiger partial charge in [-0.2, -0.15) is 0 Å². The van der Waals surface area contributed by atoms with Gasteiger partial charge in [0.15, 0.2) is 0 Å². The van der Waals surface area contributed by atoms with Gasteiger partial charge in [-0.05, 0) is 12.8 Å². The second kappa shape index (κ2) is 3.25. The molecule has 0 bridgehead atoms. The van der Waals surface area contributed by atoms with Crippen LogP contribution < -0.4 is 11.3 Å². The summed E-state index contributed by atoms with van der Waals surface area (Å²) in [5, 5.41) is 0. The predicted molar refractivity (Wildman–Crippen MR) is 46.2 cm³/mol. The van der Waals surface area contributed by atoms with Crippen molar-refractivity contribution < 1.29 is 0 Å². The molecule has 4 nitrogen and oxygen atoms in total. The molecule has 2 heterocycles. The van der Waals surface area contributed by atoms with Gasteiger partial charge in [0.25, 0.3) is 0 Å². The van der Waals surface area contributed by atoms with Gasteiger partial charge >= 0.3 is 0 Å². The van der Waals surface area contributed by atoms with Gasteiger partial charge in [0.1, 0.15) is 5.82 Å². The molecule has 0 atom stereocenters. The molecule has 0 radical (unpaired) electrons. The number of nitrogens with one attached hydrogen (secondary N) is 1. The van der Waals surface area contributed by atoms with E-state index in [1.165, 1.54) is 18.7 Å². The highest BCUT2D eigenvalue weighted by Gasteiger charge is 2.10. The standard InChI is InChI=1S/C8H14N4/c9-10-5-7-6-12-4-2-1-3-8(12)11-7/h6,10H,1-5,9H2. The van der Waals surface area contributed by atoms with Gasteiger partial charge in [-0.25, -0.2) is 4.98 Å². The largest absolute Gasteiger partial charge is 0.335 e. The van der Waals surface area contributed by atoms with Gasteiger partial charge in [-0.3, -0.25) is 11.3 Å². The van der Waals surface area contributed by atoms with Gasteiger partial charge in [0, 0.05) is 19.2 Å². The highest BCUT2D eigenvalue weighted by molar-refractivity contribution is 5.05. The van der Waals surface area contributed by atoms with Crippen LogP contribution in [0.4, 0.5) is 0 Å². The van der Waals surface area contributed by atoms with Crippen LogP contribution in [0.15, 0.2) is 6.20 Å². The van der Waals surface area contributed by atoms with Crippen molar-refractivity contribution in [3.8, 4) is 0 Å². The Kier molecular flexibility index (Phi) is 2.10. The van der Waals surface area contributed by atoms with E-state index >= 15 is 0 Å². The normalized spacial score (nSPS) is 16.1. The summed E-state index contributed by atoms with van der Waals surface area (Å²) in [6.45, 7) is 1.78. The molecule has 1 aliphatic rings. The molecule has 0 unspecified atom stereocenters. The second-order valence-corrected chi connectivity index (χ2v) is 3.18. The Balaban J connectivity index is 2.20. The van der Waals surface area contributed by atoms with Crippen molar-refractivity contribution in [3.63, 3.8) is 0 Å². The smallest absolute Gasteiger partial charge is 0.109 e. The first-order valence-corrected chi connectivity index (χ1v) is 4.38. The summed E-state index contributed by atoms with van der Waals surface area (Å²) >= 11 is 0. The van der Waals surface area contributed by atoms with Crippen LogP contribution in [0.5, 0.6) is 0 Å². The average molecular weight is 166 g/mol. The fourth-order valence-corrected chi connectivity index (χ4v) is 1.66. The highest BCUT2D eigenvalue weighted by Crippen LogP contribution is 2.13.